The largest absolute Gasteiger partial charge is 0.308 e. The minimum Gasteiger partial charge on any atom is -0.308 e. The minimum atomic E-state index is 0.567. The number of aromatic nitrogens is 1. The van der Waals surface area contributed by atoms with Crippen molar-refractivity contribution in [1.82, 2.24) is 26.3 Å². The van der Waals surface area contributed by atoms with Crippen LogP contribution in [0.2, 0.25) is 0 Å². The molecule has 0 radical (unpaired) electrons. The average molecular weight is 412 g/mol. The summed E-state index contributed by atoms with van der Waals surface area (Å²) < 4.78 is 0. The third-order valence-electron chi connectivity index (χ3n) is 8.11. The fraction of sp³-hybridized carbons (Fsp3) is 0.800. The zero-order valence-electron chi connectivity index (χ0n) is 18.5. The number of fused-ring (bicyclic) bond motifs is 5. The van der Waals surface area contributed by atoms with E-state index in [9.17, 15) is 0 Å². The van der Waals surface area contributed by atoms with Crippen LogP contribution in [-0.4, -0.2) is 41.2 Å². The van der Waals surface area contributed by atoms with Crippen LogP contribution in [0.15, 0.2) is 18.2 Å². The predicted molar refractivity (Wildman–Crippen MR) is 122 cm³/mol. The van der Waals surface area contributed by atoms with Crippen LogP contribution in [0.3, 0.4) is 0 Å². The SMILES string of the molecule is c1cc2nc(c1)CN[C@@H]1CCCC[C@H]1NC1CCCCC1NC1CCCCC1NC2. The van der Waals surface area contributed by atoms with Crippen molar-refractivity contribution in [2.75, 3.05) is 0 Å². The van der Waals surface area contributed by atoms with Crippen LogP contribution in [0.5, 0.6) is 0 Å². The van der Waals surface area contributed by atoms with Gasteiger partial charge in [0.25, 0.3) is 0 Å². The molecule has 166 valence electrons. The van der Waals surface area contributed by atoms with Gasteiger partial charge >= 0.3 is 0 Å². The van der Waals surface area contributed by atoms with Crippen LogP contribution in [0, 0.1) is 0 Å². The molecular weight excluding hydrogens is 370 g/mol. The molecule has 4 unspecified atom stereocenters. The maximum atomic E-state index is 4.97. The lowest BCUT2D eigenvalue weighted by atomic mass is 9.84. The lowest BCUT2D eigenvalue weighted by Gasteiger charge is -2.43. The molecule has 1 aliphatic heterocycles. The van der Waals surface area contributed by atoms with Gasteiger partial charge in [0.15, 0.2) is 0 Å². The molecule has 5 heteroatoms. The van der Waals surface area contributed by atoms with E-state index in [4.69, 9.17) is 4.98 Å². The van der Waals surface area contributed by atoms with Crippen molar-refractivity contribution < 1.29 is 0 Å². The molecule has 2 bridgehead atoms. The van der Waals surface area contributed by atoms with Gasteiger partial charge in [0.05, 0.1) is 11.4 Å². The normalized spacial score (nSPS) is 38.3. The highest BCUT2D eigenvalue weighted by Crippen LogP contribution is 2.27. The number of hydrogen-bond donors (Lipinski definition) is 4. The molecule has 4 aliphatic rings. The molecule has 5 rings (SSSR count). The Hall–Kier alpha value is -1.01. The highest BCUT2D eigenvalue weighted by molar-refractivity contribution is 5.12. The van der Waals surface area contributed by atoms with E-state index in [0.29, 0.717) is 36.3 Å². The first-order chi connectivity index (χ1) is 14.8. The molecule has 4 N–H and O–H groups in total. The lowest BCUT2D eigenvalue weighted by molar-refractivity contribution is 0.181. The molecule has 1 aromatic rings. The fourth-order valence-electron chi connectivity index (χ4n) is 6.43. The molecule has 6 atom stereocenters. The Kier molecular flexibility index (Phi) is 7.01. The van der Waals surface area contributed by atoms with E-state index < -0.39 is 0 Å². The fourth-order valence-corrected chi connectivity index (χ4v) is 6.43. The van der Waals surface area contributed by atoms with Gasteiger partial charge in [-0.25, -0.2) is 0 Å². The molecule has 5 nitrogen and oxygen atoms in total. The summed E-state index contributed by atoms with van der Waals surface area (Å²) in [5.41, 5.74) is 2.37. The second-order valence-electron chi connectivity index (χ2n) is 10.2. The third-order valence-corrected chi connectivity index (χ3v) is 8.11. The van der Waals surface area contributed by atoms with Crippen LogP contribution in [0.1, 0.15) is 88.4 Å². The van der Waals surface area contributed by atoms with Gasteiger partial charge in [0.2, 0.25) is 0 Å². The maximum absolute atomic E-state index is 4.97. The summed E-state index contributed by atoms with van der Waals surface area (Å²) in [7, 11) is 0. The van der Waals surface area contributed by atoms with Crippen LogP contribution in [0.25, 0.3) is 0 Å². The molecule has 0 spiro atoms. The molecular formula is C25H41N5. The standard InChI is InChI=1S/C25H41N5/c1-3-12-22-20(10-1)26-16-18-8-7-9-19(28-18)17-27-21-11-2-4-13-23(21)30-25-15-6-5-14-24(25)29-22/h7-9,20-27,29-30H,1-6,10-17H2/t20-,21?,22-,23?,24?,25?/m1/s1. The van der Waals surface area contributed by atoms with Crippen molar-refractivity contribution in [3.63, 3.8) is 0 Å². The summed E-state index contributed by atoms with van der Waals surface area (Å²) in [6.07, 6.45) is 16.0. The van der Waals surface area contributed by atoms with E-state index in [1.807, 2.05) is 0 Å². The van der Waals surface area contributed by atoms with E-state index >= 15 is 0 Å². The Bertz CT molecular complexity index is 626. The van der Waals surface area contributed by atoms with Crippen molar-refractivity contribution in [3.05, 3.63) is 29.6 Å². The van der Waals surface area contributed by atoms with E-state index in [0.717, 1.165) is 13.1 Å². The van der Waals surface area contributed by atoms with E-state index in [1.54, 1.807) is 0 Å². The van der Waals surface area contributed by atoms with Gasteiger partial charge in [-0.3, -0.25) is 4.98 Å². The first kappa shape index (κ1) is 20.9. The van der Waals surface area contributed by atoms with Gasteiger partial charge in [-0.2, -0.15) is 0 Å². The van der Waals surface area contributed by atoms with Crippen LogP contribution in [-0.2, 0) is 13.1 Å². The Morgan fingerprint density at radius 3 is 1.33 bits per heavy atom. The van der Waals surface area contributed by atoms with Crippen LogP contribution < -0.4 is 21.3 Å². The van der Waals surface area contributed by atoms with Gasteiger partial charge in [0.1, 0.15) is 0 Å². The van der Waals surface area contributed by atoms with Crippen molar-refractivity contribution in [3.8, 4) is 0 Å². The number of hydrogen-bond acceptors (Lipinski definition) is 5. The van der Waals surface area contributed by atoms with Gasteiger partial charge < -0.3 is 21.3 Å². The Morgan fingerprint density at radius 1 is 0.533 bits per heavy atom. The van der Waals surface area contributed by atoms with Crippen molar-refractivity contribution in [2.24, 2.45) is 0 Å². The molecule has 3 fully saturated rings. The molecule has 2 heterocycles. The quantitative estimate of drug-likeness (QED) is 0.527. The summed E-state index contributed by atoms with van der Waals surface area (Å²) in [5, 5.41) is 16.1. The van der Waals surface area contributed by atoms with E-state index in [2.05, 4.69) is 39.5 Å². The highest BCUT2D eigenvalue weighted by Gasteiger charge is 2.34. The Balaban J connectivity index is 1.39. The molecule has 3 saturated carbocycles. The Morgan fingerprint density at radius 2 is 0.900 bits per heavy atom. The zero-order valence-corrected chi connectivity index (χ0v) is 18.5. The average Bonchev–Trinajstić information content (AvgIpc) is 2.79. The number of nitrogens with zero attached hydrogens (tertiary/aromatic N) is 1. The molecule has 0 aromatic carbocycles. The second-order valence-corrected chi connectivity index (χ2v) is 10.2. The van der Waals surface area contributed by atoms with Crippen molar-refractivity contribution >= 4 is 0 Å². The second kappa shape index (κ2) is 10.1. The number of nitrogens with one attached hydrogen (secondary N) is 4. The number of pyridine rings is 1. The maximum Gasteiger partial charge on any atom is 0.0545 e. The van der Waals surface area contributed by atoms with Crippen molar-refractivity contribution in [2.45, 2.75) is 126 Å². The van der Waals surface area contributed by atoms with Crippen LogP contribution >= 0.6 is 0 Å². The van der Waals surface area contributed by atoms with E-state index in [1.165, 1.54) is 88.4 Å². The van der Waals surface area contributed by atoms with Gasteiger partial charge in [-0.05, 0) is 50.7 Å². The molecule has 0 saturated heterocycles. The summed E-state index contributed by atoms with van der Waals surface area (Å²) >= 11 is 0. The first-order valence-electron chi connectivity index (χ1n) is 12.8. The third kappa shape index (κ3) is 5.07. The van der Waals surface area contributed by atoms with Gasteiger partial charge in [-0.15, -0.1) is 0 Å². The minimum absolute atomic E-state index is 0.567. The van der Waals surface area contributed by atoms with Gasteiger partial charge in [-0.1, -0.05) is 44.6 Å². The topological polar surface area (TPSA) is 61.0 Å². The van der Waals surface area contributed by atoms with E-state index in [-0.39, 0.29) is 0 Å². The highest BCUT2D eigenvalue weighted by atomic mass is 15.1. The summed E-state index contributed by atoms with van der Waals surface area (Å²) in [6, 6.07) is 10.1. The first-order valence-corrected chi connectivity index (χ1v) is 12.8. The number of rotatable bonds is 0. The smallest absolute Gasteiger partial charge is 0.0545 e. The van der Waals surface area contributed by atoms with Gasteiger partial charge in [0, 0.05) is 49.3 Å². The monoisotopic (exact) mass is 411 g/mol. The van der Waals surface area contributed by atoms with Crippen molar-refractivity contribution in [1.29, 1.82) is 0 Å². The molecule has 1 aromatic heterocycles. The lowest BCUT2D eigenvalue weighted by Crippen LogP contribution is -2.61. The summed E-state index contributed by atoms with van der Waals surface area (Å²) in [5.74, 6) is 0. The van der Waals surface area contributed by atoms with Crippen LogP contribution in [0.4, 0.5) is 0 Å². The molecule has 0 amide bonds. The molecule has 30 heavy (non-hydrogen) atoms. The Labute approximate surface area is 182 Å². The molecule has 3 aliphatic carbocycles. The zero-order chi connectivity index (χ0) is 20.2. The predicted octanol–water partition coefficient (Wildman–Crippen LogP) is 3.39. The summed E-state index contributed by atoms with van der Waals surface area (Å²) in [4.78, 5) is 4.97. The summed E-state index contributed by atoms with van der Waals surface area (Å²) in [6.45, 7) is 1.77.